The molecule has 1 amide bonds. The number of anilines is 1. The Bertz CT molecular complexity index is 683. The molecule has 25 heavy (non-hydrogen) atoms. The molecule has 0 saturated carbocycles. The molecule has 2 atom stereocenters. The van der Waals surface area contributed by atoms with Crippen LogP contribution >= 0.6 is 0 Å². The average Bonchev–Trinajstić information content (AvgIpc) is 2.61. The SMILES string of the molecule is CCc1ccc(C(CO)NC(C)CC(=O)Nc2ccccc2C)cc1. The maximum atomic E-state index is 12.3. The van der Waals surface area contributed by atoms with E-state index in [9.17, 15) is 9.90 Å². The molecule has 0 aliphatic carbocycles. The van der Waals surface area contributed by atoms with Gasteiger partial charge >= 0.3 is 0 Å². The summed E-state index contributed by atoms with van der Waals surface area (Å²) in [7, 11) is 0. The predicted molar refractivity (Wildman–Crippen MR) is 103 cm³/mol. The van der Waals surface area contributed by atoms with Crippen LogP contribution in [0.4, 0.5) is 5.69 Å². The Balaban J connectivity index is 1.91. The summed E-state index contributed by atoms with van der Waals surface area (Å²) in [5.41, 5.74) is 4.19. The highest BCUT2D eigenvalue weighted by Gasteiger charge is 2.16. The molecule has 0 aliphatic heterocycles. The molecular formula is C21H28N2O2. The van der Waals surface area contributed by atoms with Crippen LogP contribution in [0, 0.1) is 6.92 Å². The minimum absolute atomic E-state index is 0.00474. The zero-order valence-corrected chi connectivity index (χ0v) is 15.3. The molecule has 0 aliphatic rings. The summed E-state index contributed by atoms with van der Waals surface area (Å²) in [6.07, 6.45) is 1.34. The van der Waals surface area contributed by atoms with Gasteiger partial charge in [-0.3, -0.25) is 4.79 Å². The standard InChI is InChI=1S/C21H28N2O2/c1-4-17-9-11-18(12-10-17)20(14-24)22-16(3)13-21(25)23-19-8-6-5-7-15(19)2/h5-12,16,20,22,24H,4,13-14H2,1-3H3,(H,23,25). The quantitative estimate of drug-likeness (QED) is 0.688. The summed E-state index contributed by atoms with van der Waals surface area (Å²) in [6.45, 7) is 6.04. The van der Waals surface area contributed by atoms with E-state index in [-0.39, 0.29) is 24.6 Å². The fourth-order valence-corrected chi connectivity index (χ4v) is 2.83. The first-order valence-electron chi connectivity index (χ1n) is 8.84. The number of hydrogen-bond donors (Lipinski definition) is 3. The van der Waals surface area contributed by atoms with Gasteiger partial charge < -0.3 is 15.7 Å². The number of carbonyl (C=O) groups excluding carboxylic acids is 1. The van der Waals surface area contributed by atoms with Gasteiger partial charge in [0.15, 0.2) is 0 Å². The Kier molecular flexibility index (Phi) is 7.16. The highest BCUT2D eigenvalue weighted by Crippen LogP contribution is 2.17. The Hall–Kier alpha value is -2.17. The van der Waals surface area contributed by atoms with E-state index in [0.717, 1.165) is 23.2 Å². The van der Waals surface area contributed by atoms with Gasteiger partial charge in [0.2, 0.25) is 5.91 Å². The summed E-state index contributed by atoms with van der Waals surface area (Å²) in [4.78, 5) is 12.3. The van der Waals surface area contributed by atoms with E-state index in [4.69, 9.17) is 0 Å². The number of amides is 1. The molecule has 0 saturated heterocycles. The van der Waals surface area contributed by atoms with Crippen LogP contribution in [0.25, 0.3) is 0 Å². The molecule has 2 aromatic carbocycles. The highest BCUT2D eigenvalue weighted by molar-refractivity contribution is 5.91. The Morgan fingerprint density at radius 3 is 2.40 bits per heavy atom. The number of aliphatic hydroxyl groups excluding tert-OH is 1. The van der Waals surface area contributed by atoms with Crippen LogP contribution in [0.1, 0.15) is 43.0 Å². The van der Waals surface area contributed by atoms with Gasteiger partial charge in [0.1, 0.15) is 0 Å². The van der Waals surface area contributed by atoms with Crippen LogP contribution in [-0.4, -0.2) is 23.7 Å². The van der Waals surface area contributed by atoms with Crippen molar-refractivity contribution in [1.82, 2.24) is 5.32 Å². The first kappa shape index (κ1) is 19.2. The number of benzene rings is 2. The van der Waals surface area contributed by atoms with Crippen LogP contribution in [-0.2, 0) is 11.2 Å². The van der Waals surface area contributed by atoms with Gasteiger partial charge in [0.25, 0.3) is 0 Å². The Morgan fingerprint density at radius 2 is 1.80 bits per heavy atom. The van der Waals surface area contributed by atoms with E-state index < -0.39 is 0 Å². The lowest BCUT2D eigenvalue weighted by molar-refractivity contribution is -0.116. The van der Waals surface area contributed by atoms with Crippen molar-refractivity contribution in [1.29, 1.82) is 0 Å². The average molecular weight is 340 g/mol. The molecule has 0 aromatic heterocycles. The third-order valence-electron chi connectivity index (χ3n) is 4.37. The molecule has 3 N–H and O–H groups in total. The topological polar surface area (TPSA) is 61.4 Å². The summed E-state index contributed by atoms with van der Waals surface area (Å²) in [6, 6.07) is 15.7. The normalized spacial score (nSPS) is 13.3. The van der Waals surface area contributed by atoms with Crippen LogP contribution in [0.5, 0.6) is 0 Å². The third-order valence-corrected chi connectivity index (χ3v) is 4.37. The largest absolute Gasteiger partial charge is 0.394 e. The number of nitrogens with one attached hydrogen (secondary N) is 2. The smallest absolute Gasteiger partial charge is 0.225 e. The third kappa shape index (κ3) is 5.69. The van der Waals surface area contributed by atoms with E-state index in [1.807, 2.05) is 50.2 Å². The van der Waals surface area contributed by atoms with Crippen molar-refractivity contribution in [3.05, 3.63) is 65.2 Å². The highest BCUT2D eigenvalue weighted by atomic mass is 16.3. The first-order chi connectivity index (χ1) is 12.0. The van der Waals surface area contributed by atoms with Crippen LogP contribution in [0.3, 0.4) is 0 Å². The maximum Gasteiger partial charge on any atom is 0.225 e. The fourth-order valence-electron chi connectivity index (χ4n) is 2.83. The van der Waals surface area contributed by atoms with Crippen LogP contribution in [0.2, 0.25) is 0 Å². The lowest BCUT2D eigenvalue weighted by atomic mass is 10.0. The van der Waals surface area contributed by atoms with Crippen molar-refractivity contribution in [2.45, 2.75) is 45.7 Å². The van der Waals surface area contributed by atoms with Crippen LogP contribution < -0.4 is 10.6 Å². The van der Waals surface area contributed by atoms with E-state index in [1.54, 1.807) is 0 Å². The van der Waals surface area contributed by atoms with Gasteiger partial charge in [-0.2, -0.15) is 0 Å². The molecule has 4 nitrogen and oxygen atoms in total. The molecule has 2 rings (SSSR count). The van der Waals surface area contributed by atoms with E-state index in [1.165, 1.54) is 5.56 Å². The zero-order chi connectivity index (χ0) is 18.2. The Labute approximate surface area is 150 Å². The maximum absolute atomic E-state index is 12.3. The van der Waals surface area contributed by atoms with E-state index >= 15 is 0 Å². The Morgan fingerprint density at radius 1 is 1.12 bits per heavy atom. The van der Waals surface area contributed by atoms with Gasteiger partial charge in [-0.15, -0.1) is 0 Å². The summed E-state index contributed by atoms with van der Waals surface area (Å²) in [5, 5.41) is 16.0. The number of aryl methyl sites for hydroxylation is 2. The predicted octanol–water partition coefficient (Wildman–Crippen LogP) is 3.60. The molecule has 0 heterocycles. The summed E-state index contributed by atoms with van der Waals surface area (Å²) < 4.78 is 0. The van der Waals surface area contributed by atoms with Crippen molar-refractivity contribution >= 4 is 11.6 Å². The van der Waals surface area contributed by atoms with E-state index in [2.05, 4.69) is 29.7 Å². The van der Waals surface area contributed by atoms with Gasteiger partial charge in [0, 0.05) is 18.2 Å². The summed E-state index contributed by atoms with van der Waals surface area (Å²) >= 11 is 0. The number of hydrogen-bond acceptors (Lipinski definition) is 3. The van der Waals surface area contributed by atoms with Crippen molar-refractivity contribution in [2.24, 2.45) is 0 Å². The number of carbonyl (C=O) groups is 1. The number of para-hydroxylation sites is 1. The molecule has 2 unspecified atom stereocenters. The molecule has 0 spiro atoms. The second kappa shape index (κ2) is 9.35. The van der Waals surface area contributed by atoms with Gasteiger partial charge in [0.05, 0.1) is 12.6 Å². The van der Waals surface area contributed by atoms with Crippen molar-refractivity contribution < 1.29 is 9.90 Å². The molecular weight excluding hydrogens is 312 g/mol. The summed E-state index contributed by atoms with van der Waals surface area (Å²) in [5.74, 6) is -0.0349. The molecule has 0 fully saturated rings. The molecule has 134 valence electrons. The molecule has 4 heteroatoms. The van der Waals surface area contributed by atoms with Crippen molar-refractivity contribution in [3.63, 3.8) is 0 Å². The second-order valence-corrected chi connectivity index (χ2v) is 6.47. The van der Waals surface area contributed by atoms with Gasteiger partial charge in [-0.1, -0.05) is 49.4 Å². The lowest BCUT2D eigenvalue weighted by Crippen LogP contribution is -2.35. The van der Waals surface area contributed by atoms with Crippen molar-refractivity contribution in [2.75, 3.05) is 11.9 Å². The molecule has 2 aromatic rings. The van der Waals surface area contributed by atoms with E-state index in [0.29, 0.717) is 6.42 Å². The molecule has 0 bridgehead atoms. The minimum atomic E-state index is -0.174. The van der Waals surface area contributed by atoms with Crippen LogP contribution in [0.15, 0.2) is 48.5 Å². The second-order valence-electron chi connectivity index (χ2n) is 6.47. The number of rotatable bonds is 8. The fraction of sp³-hybridized carbons (Fsp3) is 0.381. The van der Waals surface area contributed by atoms with Gasteiger partial charge in [-0.05, 0) is 43.0 Å². The number of aliphatic hydroxyl groups is 1. The minimum Gasteiger partial charge on any atom is -0.394 e. The lowest BCUT2D eigenvalue weighted by Gasteiger charge is -2.22. The zero-order valence-electron chi connectivity index (χ0n) is 15.3. The monoisotopic (exact) mass is 340 g/mol. The van der Waals surface area contributed by atoms with Crippen molar-refractivity contribution in [3.8, 4) is 0 Å². The van der Waals surface area contributed by atoms with Gasteiger partial charge in [-0.25, -0.2) is 0 Å². The first-order valence-corrected chi connectivity index (χ1v) is 8.84. The molecule has 0 radical (unpaired) electrons.